The topological polar surface area (TPSA) is 72.8 Å². The van der Waals surface area contributed by atoms with Gasteiger partial charge in [0.2, 0.25) is 0 Å². The molecule has 0 aliphatic carbocycles. The molecule has 0 aromatic carbocycles. The molecule has 1 atom stereocenters. The van der Waals surface area contributed by atoms with Gasteiger partial charge in [-0.05, 0) is 141 Å². The number of hydrogen-bond acceptors (Lipinski definition) is 5. The lowest BCUT2D eigenvalue weighted by Crippen LogP contribution is -2.28. The average Bonchev–Trinajstić information content (AvgIpc) is 3.75. The summed E-state index contributed by atoms with van der Waals surface area (Å²) in [5.41, 5.74) is 0. The summed E-state index contributed by atoms with van der Waals surface area (Å²) in [6.07, 6.45) is 126. The maximum absolute atomic E-state index is 12.4. The molecule has 92 heavy (non-hydrogen) atoms. The zero-order chi connectivity index (χ0) is 66.1. The molecule has 0 spiro atoms. The second-order valence-electron chi connectivity index (χ2n) is 24.6. The number of unbranched alkanes of at least 4 members (excludes halogenated alkanes) is 28. The SMILES string of the molecule is CC/C=C\C/C=C\C/C=C\C/C=C\C/C=C\C/C=C\C/C=C\C/C=C\C/C=C\C/C=C\C/C=C\CCCCCCCC(=O)OC(CO)COC(=O)CCCCCCCCCCCCCCCCCCCCCCCCC/C=C\C/C=C\C/C=C\C/C=C\C/C=C\CC. The van der Waals surface area contributed by atoms with Crippen LogP contribution in [0.3, 0.4) is 0 Å². The number of hydrogen-bond donors (Lipinski definition) is 1. The van der Waals surface area contributed by atoms with E-state index in [1.54, 1.807) is 0 Å². The molecule has 0 aliphatic rings. The van der Waals surface area contributed by atoms with E-state index in [4.69, 9.17) is 9.47 Å². The summed E-state index contributed by atoms with van der Waals surface area (Å²) < 4.78 is 10.8. The van der Waals surface area contributed by atoms with Crippen molar-refractivity contribution in [3.8, 4) is 0 Å². The lowest BCUT2D eigenvalue weighted by Gasteiger charge is -2.15. The van der Waals surface area contributed by atoms with E-state index in [2.05, 4.69) is 208 Å². The van der Waals surface area contributed by atoms with Crippen molar-refractivity contribution in [2.75, 3.05) is 13.2 Å². The van der Waals surface area contributed by atoms with E-state index in [0.29, 0.717) is 12.8 Å². The first-order valence-electron chi connectivity index (χ1n) is 38.0. The molecule has 0 rings (SSSR count). The van der Waals surface area contributed by atoms with E-state index in [9.17, 15) is 14.7 Å². The van der Waals surface area contributed by atoms with E-state index in [-0.39, 0.29) is 25.2 Å². The Labute approximate surface area is 568 Å². The molecule has 5 heteroatoms. The van der Waals surface area contributed by atoms with Gasteiger partial charge in [0.1, 0.15) is 6.61 Å². The summed E-state index contributed by atoms with van der Waals surface area (Å²) in [7, 11) is 0. The van der Waals surface area contributed by atoms with Gasteiger partial charge in [0, 0.05) is 12.8 Å². The van der Waals surface area contributed by atoms with Crippen LogP contribution in [-0.4, -0.2) is 36.4 Å². The van der Waals surface area contributed by atoms with Crippen LogP contribution in [0, 0.1) is 0 Å². The fourth-order valence-corrected chi connectivity index (χ4v) is 10.3. The Hall–Kier alpha value is -5.26. The van der Waals surface area contributed by atoms with Crippen LogP contribution >= 0.6 is 0 Å². The predicted octanol–water partition coefficient (Wildman–Crippen LogP) is 27.1. The van der Waals surface area contributed by atoms with Gasteiger partial charge in [0.25, 0.3) is 0 Å². The van der Waals surface area contributed by atoms with Crippen LogP contribution in [0.15, 0.2) is 194 Å². The van der Waals surface area contributed by atoms with Crippen molar-refractivity contribution in [2.45, 2.75) is 328 Å². The number of ether oxygens (including phenoxy) is 2. The number of allylic oxidation sites excluding steroid dienone is 32. The molecule has 0 fully saturated rings. The Morgan fingerprint density at radius 2 is 0.435 bits per heavy atom. The normalized spacial score (nSPS) is 13.4. The van der Waals surface area contributed by atoms with Crippen LogP contribution < -0.4 is 0 Å². The highest BCUT2D eigenvalue weighted by Gasteiger charge is 2.16. The second-order valence-corrected chi connectivity index (χ2v) is 24.6. The maximum atomic E-state index is 12.4. The summed E-state index contributed by atoms with van der Waals surface area (Å²) in [5.74, 6) is -0.614. The summed E-state index contributed by atoms with van der Waals surface area (Å²) in [6, 6.07) is 0. The maximum Gasteiger partial charge on any atom is 0.306 e. The van der Waals surface area contributed by atoms with E-state index in [1.807, 2.05) is 0 Å². The summed E-state index contributed by atoms with van der Waals surface area (Å²) in [4.78, 5) is 24.7. The van der Waals surface area contributed by atoms with Crippen LogP contribution in [0.5, 0.6) is 0 Å². The quantitative estimate of drug-likeness (QED) is 0.0373. The molecule has 5 nitrogen and oxygen atoms in total. The fourth-order valence-electron chi connectivity index (χ4n) is 10.3. The summed E-state index contributed by atoms with van der Waals surface area (Å²) >= 11 is 0. The zero-order valence-electron chi connectivity index (χ0n) is 59.5. The number of esters is 2. The van der Waals surface area contributed by atoms with E-state index < -0.39 is 6.10 Å². The van der Waals surface area contributed by atoms with Crippen molar-refractivity contribution in [3.05, 3.63) is 194 Å². The van der Waals surface area contributed by atoms with Gasteiger partial charge in [-0.25, -0.2) is 0 Å². The molecular formula is C87H140O5. The molecule has 1 N–H and O–H groups in total. The smallest absolute Gasteiger partial charge is 0.306 e. The second kappa shape index (κ2) is 80.0. The van der Waals surface area contributed by atoms with Crippen LogP contribution in [0.1, 0.15) is 322 Å². The van der Waals surface area contributed by atoms with Gasteiger partial charge in [-0.15, -0.1) is 0 Å². The molecule has 0 saturated heterocycles. The molecule has 0 aromatic rings. The Bertz CT molecular complexity index is 2070. The first-order valence-corrected chi connectivity index (χ1v) is 38.0. The van der Waals surface area contributed by atoms with Gasteiger partial charge >= 0.3 is 11.9 Å². The molecule has 0 radical (unpaired) electrons. The van der Waals surface area contributed by atoms with Gasteiger partial charge < -0.3 is 14.6 Å². The molecule has 0 heterocycles. The monoisotopic (exact) mass is 1270 g/mol. The lowest BCUT2D eigenvalue weighted by atomic mass is 10.0. The van der Waals surface area contributed by atoms with Crippen molar-refractivity contribution < 1.29 is 24.2 Å². The highest BCUT2D eigenvalue weighted by molar-refractivity contribution is 5.70. The van der Waals surface area contributed by atoms with Crippen LogP contribution in [-0.2, 0) is 19.1 Å². The minimum Gasteiger partial charge on any atom is -0.462 e. The average molecular weight is 1270 g/mol. The number of carbonyl (C=O) groups is 2. The van der Waals surface area contributed by atoms with Gasteiger partial charge in [-0.1, -0.05) is 362 Å². The van der Waals surface area contributed by atoms with Crippen molar-refractivity contribution in [3.63, 3.8) is 0 Å². The summed E-state index contributed by atoms with van der Waals surface area (Å²) in [6.45, 7) is 3.91. The third-order valence-electron chi connectivity index (χ3n) is 15.9. The van der Waals surface area contributed by atoms with Crippen LogP contribution in [0.2, 0.25) is 0 Å². The molecule has 0 aromatic heterocycles. The molecule has 0 bridgehead atoms. The largest absolute Gasteiger partial charge is 0.462 e. The minimum atomic E-state index is -0.796. The molecule has 0 saturated carbocycles. The highest BCUT2D eigenvalue weighted by Crippen LogP contribution is 2.17. The van der Waals surface area contributed by atoms with Gasteiger partial charge in [-0.3, -0.25) is 9.59 Å². The molecule has 0 amide bonds. The molecular weight excluding hydrogens is 1120 g/mol. The molecule has 0 aliphatic heterocycles. The number of carbonyl (C=O) groups excluding carboxylic acids is 2. The van der Waals surface area contributed by atoms with E-state index >= 15 is 0 Å². The number of aliphatic hydroxyl groups is 1. The summed E-state index contributed by atoms with van der Waals surface area (Å²) in [5, 5.41) is 9.72. The Kier molecular flexibility index (Phi) is 75.4. The fraction of sp³-hybridized carbons (Fsp3) is 0.609. The third kappa shape index (κ3) is 77.2. The zero-order valence-corrected chi connectivity index (χ0v) is 59.5. The van der Waals surface area contributed by atoms with Crippen molar-refractivity contribution in [1.29, 1.82) is 0 Å². The van der Waals surface area contributed by atoms with Gasteiger partial charge in [-0.2, -0.15) is 0 Å². The lowest BCUT2D eigenvalue weighted by molar-refractivity contribution is -0.161. The minimum absolute atomic E-state index is 0.0817. The van der Waals surface area contributed by atoms with Crippen molar-refractivity contribution >= 4 is 11.9 Å². The first-order chi connectivity index (χ1) is 45.6. The molecule has 1 unspecified atom stereocenters. The highest BCUT2D eigenvalue weighted by atomic mass is 16.6. The first kappa shape index (κ1) is 86.7. The molecule has 518 valence electrons. The predicted molar refractivity (Wildman–Crippen MR) is 407 cm³/mol. The Morgan fingerprint density at radius 3 is 0.652 bits per heavy atom. The van der Waals surface area contributed by atoms with Gasteiger partial charge in [0.05, 0.1) is 6.61 Å². The standard InChI is InChI=1S/C87H140O5/c1-3-5-7-9-11-13-15-17-19-21-23-25-27-29-31-33-35-37-39-41-43-45-47-49-51-53-55-57-59-61-63-65-67-69-71-73-75-77-79-81-86(89)91-84-85(83-88)92-87(90)82-80-78-76-74-72-70-68-66-64-62-60-58-56-54-52-50-48-46-44-42-40-38-36-34-32-30-28-26-24-22-20-18-16-14-12-10-8-6-4-2/h5-8,11-14,17-20,23-26,29-32,36,38,42,44,48,50,54,56,60,62,66,68,85,88H,3-4,9-10,15-16,21-22,27-28,33-35,37,39-41,43,45-47,49,51-53,55,57-59,61,63-65,67,69-84H2,1-2H3/b7-5-,8-6-,13-11-,14-12-,19-17-,20-18-,25-23-,26-24-,31-29-,32-30-,38-36-,44-42-,50-48-,56-54-,62-60-,68-66-. The Morgan fingerprint density at radius 1 is 0.250 bits per heavy atom. The van der Waals surface area contributed by atoms with Crippen molar-refractivity contribution in [1.82, 2.24) is 0 Å². The number of aliphatic hydroxyl groups excluding tert-OH is 1. The van der Waals surface area contributed by atoms with Crippen molar-refractivity contribution in [2.24, 2.45) is 0 Å². The van der Waals surface area contributed by atoms with Crippen LogP contribution in [0.4, 0.5) is 0 Å². The third-order valence-corrected chi connectivity index (χ3v) is 15.9. The van der Waals surface area contributed by atoms with E-state index in [1.165, 1.54) is 135 Å². The van der Waals surface area contributed by atoms with E-state index in [0.717, 1.165) is 161 Å². The van der Waals surface area contributed by atoms with Crippen LogP contribution in [0.25, 0.3) is 0 Å². The Balaban J connectivity index is 3.55. The van der Waals surface area contributed by atoms with Gasteiger partial charge in [0.15, 0.2) is 6.10 Å². The number of rotatable bonds is 68.